The van der Waals surface area contributed by atoms with Crippen LogP contribution in [0.5, 0.6) is 0 Å². The number of ether oxygens (including phenoxy) is 1. The van der Waals surface area contributed by atoms with Crippen LogP contribution in [0.3, 0.4) is 0 Å². The van der Waals surface area contributed by atoms with E-state index in [1.165, 1.54) is 12.2 Å². The molecule has 0 aromatic heterocycles. The van der Waals surface area contributed by atoms with Crippen molar-refractivity contribution in [3.05, 3.63) is 80.0 Å². The maximum absolute atomic E-state index is 12.5. The van der Waals surface area contributed by atoms with E-state index in [-0.39, 0.29) is 0 Å². The minimum Gasteiger partial charge on any atom is -0.465 e. The molecule has 0 spiro atoms. The molecular weight excluding hydrogens is 383 g/mol. The summed E-state index contributed by atoms with van der Waals surface area (Å²) in [5.74, 6) is -0.948. The normalized spacial score (nSPS) is 12.4. The van der Waals surface area contributed by atoms with Crippen molar-refractivity contribution in [1.29, 1.82) is 0 Å². The Labute approximate surface area is 156 Å². The number of halogens is 2. The summed E-state index contributed by atoms with van der Waals surface area (Å²) in [7, 11) is -2.89. The second-order valence-corrected chi connectivity index (χ2v) is 7.63. The van der Waals surface area contributed by atoms with E-state index in [4.69, 9.17) is 23.2 Å². The molecule has 0 aliphatic rings. The minimum atomic E-state index is -4.01. The molecule has 2 aromatic rings. The van der Waals surface area contributed by atoms with Crippen molar-refractivity contribution in [2.24, 2.45) is 0 Å². The van der Waals surface area contributed by atoms with Crippen LogP contribution in [-0.2, 0) is 19.4 Å². The first-order valence-electron chi connectivity index (χ1n) is 7.06. The van der Waals surface area contributed by atoms with Crippen LogP contribution < -0.4 is 0 Å². The molecule has 4 nitrogen and oxygen atoms in total. The number of hydrogen-bond donors (Lipinski definition) is 0. The van der Waals surface area contributed by atoms with Crippen LogP contribution in [-0.4, -0.2) is 21.5 Å². The fourth-order valence-electron chi connectivity index (χ4n) is 1.88. The fourth-order valence-corrected chi connectivity index (χ4v) is 3.23. The molecule has 2 aromatic carbocycles. The van der Waals surface area contributed by atoms with Gasteiger partial charge in [0.2, 0.25) is 9.84 Å². The topological polar surface area (TPSA) is 60.4 Å². The molecular formula is C18H14Cl2O4S. The minimum absolute atomic E-state index is 0.470. The summed E-state index contributed by atoms with van der Waals surface area (Å²) in [5.41, 5.74) is 1.14. The van der Waals surface area contributed by atoms with E-state index in [1.807, 2.05) is 0 Å². The van der Waals surface area contributed by atoms with E-state index in [9.17, 15) is 13.2 Å². The molecule has 0 heterocycles. The van der Waals surface area contributed by atoms with Gasteiger partial charge in [-0.15, -0.1) is 0 Å². The van der Waals surface area contributed by atoms with Gasteiger partial charge in [-0.1, -0.05) is 47.5 Å². The van der Waals surface area contributed by atoms with Gasteiger partial charge < -0.3 is 4.74 Å². The molecule has 7 heteroatoms. The summed E-state index contributed by atoms with van der Waals surface area (Å²) in [6.07, 6.45) is 2.62. The lowest BCUT2D eigenvalue weighted by Gasteiger charge is -2.04. The standard InChI is InChI=1S/C18H14Cl2O4S/c1-24-18(21)17(12-14-4-8-16(20)9-5-14)25(22,23)11-10-13-2-6-15(19)7-3-13/h2-12H,1H3/b11-10-,17-12+. The van der Waals surface area contributed by atoms with Crippen LogP contribution in [0.2, 0.25) is 10.0 Å². The van der Waals surface area contributed by atoms with Crippen LogP contribution in [0, 0.1) is 0 Å². The van der Waals surface area contributed by atoms with E-state index in [1.54, 1.807) is 48.5 Å². The summed E-state index contributed by atoms with van der Waals surface area (Å²) in [6.45, 7) is 0. The highest BCUT2D eigenvalue weighted by atomic mass is 35.5. The number of carbonyl (C=O) groups is 1. The molecule has 0 radical (unpaired) electrons. The summed E-state index contributed by atoms with van der Waals surface area (Å²) in [4.78, 5) is 11.5. The van der Waals surface area contributed by atoms with E-state index >= 15 is 0 Å². The third-order valence-electron chi connectivity index (χ3n) is 3.17. The quantitative estimate of drug-likeness (QED) is 0.547. The summed E-state index contributed by atoms with van der Waals surface area (Å²) in [6, 6.07) is 13.0. The number of methoxy groups -OCH3 is 1. The van der Waals surface area contributed by atoms with Gasteiger partial charge in [0.15, 0.2) is 4.91 Å². The van der Waals surface area contributed by atoms with Gasteiger partial charge in [0, 0.05) is 15.5 Å². The van der Waals surface area contributed by atoms with E-state index in [0.29, 0.717) is 21.2 Å². The number of sulfone groups is 1. The average molecular weight is 397 g/mol. The smallest absolute Gasteiger partial charge is 0.349 e. The Kier molecular flexibility index (Phi) is 6.42. The van der Waals surface area contributed by atoms with Crippen molar-refractivity contribution in [1.82, 2.24) is 0 Å². The second-order valence-electron chi connectivity index (χ2n) is 4.95. The highest BCUT2D eigenvalue weighted by Crippen LogP contribution is 2.19. The molecule has 0 saturated heterocycles. The number of esters is 1. The Morgan fingerprint density at radius 3 is 1.88 bits per heavy atom. The van der Waals surface area contributed by atoms with Gasteiger partial charge in [-0.05, 0) is 47.5 Å². The van der Waals surface area contributed by atoms with Crippen molar-refractivity contribution in [2.45, 2.75) is 0 Å². The number of rotatable bonds is 5. The molecule has 0 atom stereocenters. The summed E-state index contributed by atoms with van der Waals surface area (Å²) < 4.78 is 29.7. The highest BCUT2D eigenvalue weighted by molar-refractivity contribution is 7.99. The summed E-state index contributed by atoms with van der Waals surface area (Å²) >= 11 is 11.6. The van der Waals surface area contributed by atoms with E-state index in [0.717, 1.165) is 12.5 Å². The van der Waals surface area contributed by atoms with Crippen LogP contribution in [0.4, 0.5) is 0 Å². The molecule has 0 fully saturated rings. The molecule has 0 N–H and O–H groups in total. The number of benzene rings is 2. The first kappa shape index (κ1) is 19.2. The first-order valence-corrected chi connectivity index (χ1v) is 9.36. The lowest BCUT2D eigenvalue weighted by atomic mass is 10.2. The predicted molar refractivity (Wildman–Crippen MR) is 101 cm³/mol. The van der Waals surface area contributed by atoms with Crippen LogP contribution in [0.1, 0.15) is 11.1 Å². The van der Waals surface area contributed by atoms with Crippen LogP contribution >= 0.6 is 23.2 Å². The molecule has 0 saturated carbocycles. The lowest BCUT2D eigenvalue weighted by Crippen LogP contribution is -2.13. The van der Waals surface area contributed by atoms with E-state index < -0.39 is 20.7 Å². The lowest BCUT2D eigenvalue weighted by molar-refractivity contribution is -0.135. The molecule has 0 unspecified atom stereocenters. The Bertz CT molecular complexity index is 913. The third kappa shape index (κ3) is 5.46. The zero-order valence-electron chi connectivity index (χ0n) is 13.1. The predicted octanol–water partition coefficient (Wildman–Crippen LogP) is 4.59. The summed E-state index contributed by atoms with van der Waals surface area (Å²) in [5, 5.41) is 2.00. The molecule has 0 bridgehead atoms. The number of carbonyl (C=O) groups excluding carboxylic acids is 1. The van der Waals surface area contributed by atoms with E-state index in [2.05, 4.69) is 4.74 Å². The SMILES string of the molecule is COC(=O)/C(=C\c1ccc(Cl)cc1)S(=O)(=O)/C=C\c1ccc(Cl)cc1. The molecule has 130 valence electrons. The molecule has 25 heavy (non-hydrogen) atoms. The van der Waals surface area contributed by atoms with Gasteiger partial charge in [-0.25, -0.2) is 13.2 Å². The maximum Gasteiger partial charge on any atom is 0.349 e. The number of hydrogen-bond acceptors (Lipinski definition) is 4. The van der Waals surface area contributed by atoms with Gasteiger partial charge in [-0.2, -0.15) is 0 Å². The van der Waals surface area contributed by atoms with Gasteiger partial charge >= 0.3 is 5.97 Å². The fraction of sp³-hybridized carbons (Fsp3) is 0.0556. The largest absolute Gasteiger partial charge is 0.465 e. The van der Waals surface area contributed by atoms with Gasteiger partial charge in [0.25, 0.3) is 0 Å². The molecule has 2 rings (SSSR count). The first-order chi connectivity index (χ1) is 11.8. The zero-order valence-corrected chi connectivity index (χ0v) is 15.5. The second kappa shape index (κ2) is 8.34. The maximum atomic E-state index is 12.5. The Morgan fingerprint density at radius 1 is 0.920 bits per heavy atom. The van der Waals surface area contributed by atoms with Crippen molar-refractivity contribution < 1.29 is 17.9 Å². The van der Waals surface area contributed by atoms with Crippen molar-refractivity contribution in [2.75, 3.05) is 7.11 Å². The van der Waals surface area contributed by atoms with Crippen molar-refractivity contribution in [3.8, 4) is 0 Å². The van der Waals surface area contributed by atoms with Gasteiger partial charge in [0.05, 0.1) is 7.11 Å². The Balaban J connectivity index is 2.40. The Hall–Kier alpha value is -2.08. The van der Waals surface area contributed by atoms with Crippen molar-refractivity contribution in [3.63, 3.8) is 0 Å². The Morgan fingerprint density at radius 2 is 1.40 bits per heavy atom. The van der Waals surface area contributed by atoms with Gasteiger partial charge in [-0.3, -0.25) is 0 Å². The van der Waals surface area contributed by atoms with Crippen LogP contribution in [0.15, 0.2) is 58.8 Å². The zero-order chi connectivity index (χ0) is 18.4. The monoisotopic (exact) mass is 396 g/mol. The average Bonchev–Trinajstić information content (AvgIpc) is 2.60. The van der Waals surface area contributed by atoms with Crippen LogP contribution in [0.25, 0.3) is 12.2 Å². The molecule has 0 amide bonds. The third-order valence-corrected chi connectivity index (χ3v) is 5.07. The highest BCUT2D eigenvalue weighted by Gasteiger charge is 2.23. The molecule has 0 aliphatic carbocycles. The van der Waals surface area contributed by atoms with Crippen molar-refractivity contribution >= 4 is 51.2 Å². The van der Waals surface area contributed by atoms with Gasteiger partial charge in [0.1, 0.15) is 0 Å². The molecule has 0 aliphatic heterocycles.